The van der Waals surface area contributed by atoms with E-state index in [0.717, 1.165) is 11.1 Å². The van der Waals surface area contributed by atoms with E-state index in [4.69, 9.17) is 27.9 Å². The normalized spacial score (nSPS) is 11.2. The summed E-state index contributed by atoms with van der Waals surface area (Å²) in [4.78, 5) is 12.3. The Morgan fingerprint density at radius 2 is 1.66 bits per heavy atom. The molecular formula is C23H22Cl2N2O4S. The van der Waals surface area contributed by atoms with E-state index in [9.17, 15) is 13.2 Å². The van der Waals surface area contributed by atoms with Crippen molar-refractivity contribution in [2.24, 2.45) is 0 Å². The van der Waals surface area contributed by atoms with Crippen LogP contribution in [0, 0.1) is 20.8 Å². The van der Waals surface area contributed by atoms with Crippen LogP contribution in [0.15, 0.2) is 59.5 Å². The second-order valence-electron chi connectivity index (χ2n) is 7.29. The first-order chi connectivity index (χ1) is 15.0. The molecule has 0 atom stereocenters. The fourth-order valence-electron chi connectivity index (χ4n) is 2.89. The summed E-state index contributed by atoms with van der Waals surface area (Å²) in [5, 5.41) is 3.41. The highest BCUT2D eigenvalue weighted by molar-refractivity contribution is 7.92. The van der Waals surface area contributed by atoms with Gasteiger partial charge in [0.15, 0.2) is 6.61 Å². The smallest absolute Gasteiger partial charge is 0.262 e. The average Bonchev–Trinajstić information content (AvgIpc) is 2.71. The number of hydrogen-bond donors (Lipinski definition) is 2. The summed E-state index contributed by atoms with van der Waals surface area (Å²) in [7, 11) is -3.77. The molecule has 6 nitrogen and oxygen atoms in total. The second-order valence-corrected chi connectivity index (χ2v) is 9.82. The molecule has 2 N–H and O–H groups in total. The first-order valence-corrected chi connectivity index (χ1v) is 11.9. The zero-order chi connectivity index (χ0) is 23.5. The number of nitrogens with one attached hydrogen (secondary N) is 2. The van der Waals surface area contributed by atoms with E-state index >= 15 is 0 Å². The Morgan fingerprint density at radius 1 is 0.906 bits per heavy atom. The first-order valence-electron chi connectivity index (χ1n) is 9.63. The molecule has 0 aliphatic heterocycles. The van der Waals surface area contributed by atoms with Crippen molar-refractivity contribution in [2.75, 3.05) is 16.6 Å². The Morgan fingerprint density at radius 3 is 2.31 bits per heavy atom. The number of benzene rings is 3. The maximum absolute atomic E-state index is 12.7. The molecule has 0 saturated carbocycles. The fourth-order valence-corrected chi connectivity index (χ4v) is 4.48. The molecule has 3 rings (SSSR count). The van der Waals surface area contributed by atoms with Crippen LogP contribution in [0.25, 0.3) is 0 Å². The van der Waals surface area contributed by atoms with Crippen LogP contribution in [-0.2, 0) is 14.8 Å². The van der Waals surface area contributed by atoms with E-state index in [1.807, 2.05) is 19.9 Å². The van der Waals surface area contributed by atoms with Gasteiger partial charge in [0, 0.05) is 10.7 Å². The first kappa shape index (κ1) is 23.9. The van der Waals surface area contributed by atoms with Crippen molar-refractivity contribution in [2.45, 2.75) is 25.7 Å². The van der Waals surface area contributed by atoms with Gasteiger partial charge in [-0.15, -0.1) is 0 Å². The second kappa shape index (κ2) is 9.81. The Labute approximate surface area is 197 Å². The Bertz CT molecular complexity index is 1280. The molecule has 32 heavy (non-hydrogen) atoms. The number of amides is 1. The van der Waals surface area contributed by atoms with Crippen molar-refractivity contribution in [3.8, 4) is 5.75 Å². The van der Waals surface area contributed by atoms with Gasteiger partial charge in [0.1, 0.15) is 5.75 Å². The van der Waals surface area contributed by atoms with Gasteiger partial charge in [-0.05, 0) is 86.0 Å². The van der Waals surface area contributed by atoms with Gasteiger partial charge in [-0.25, -0.2) is 8.42 Å². The Balaban J connectivity index is 1.66. The molecule has 0 fully saturated rings. The molecule has 0 spiro atoms. The molecule has 0 aromatic heterocycles. The zero-order valence-electron chi connectivity index (χ0n) is 17.7. The molecule has 1 amide bonds. The van der Waals surface area contributed by atoms with Crippen LogP contribution in [0.5, 0.6) is 5.75 Å². The monoisotopic (exact) mass is 492 g/mol. The van der Waals surface area contributed by atoms with Gasteiger partial charge >= 0.3 is 0 Å². The molecule has 0 aliphatic rings. The summed E-state index contributed by atoms with van der Waals surface area (Å²) >= 11 is 11.9. The number of carbonyl (C=O) groups excluding carboxylic acids is 1. The molecule has 0 bridgehead atoms. The lowest BCUT2D eigenvalue weighted by Gasteiger charge is -2.13. The predicted octanol–water partition coefficient (Wildman–Crippen LogP) is 5.74. The van der Waals surface area contributed by atoms with E-state index in [-0.39, 0.29) is 11.5 Å². The quantitative estimate of drug-likeness (QED) is 0.440. The maximum Gasteiger partial charge on any atom is 0.262 e. The average molecular weight is 493 g/mol. The summed E-state index contributed by atoms with van der Waals surface area (Å²) in [5.41, 5.74) is 3.55. The van der Waals surface area contributed by atoms with Crippen LogP contribution in [0.1, 0.15) is 16.7 Å². The highest BCUT2D eigenvalue weighted by atomic mass is 35.5. The van der Waals surface area contributed by atoms with Crippen LogP contribution >= 0.6 is 23.2 Å². The van der Waals surface area contributed by atoms with Crippen molar-refractivity contribution in [1.82, 2.24) is 0 Å². The van der Waals surface area contributed by atoms with Crippen molar-refractivity contribution in [3.63, 3.8) is 0 Å². The van der Waals surface area contributed by atoms with Gasteiger partial charge in [-0.2, -0.15) is 0 Å². The standard InChI is InChI=1S/C23H22Cl2N2O4S/c1-14-4-6-18(10-15(14)2)27-32(29,30)19-7-9-22(16(3)11-19)31-13-23(28)26-21-8-5-17(24)12-20(21)25/h4-12,27H,13H2,1-3H3,(H,26,28). The number of sulfonamides is 1. The Kier molecular flexibility index (Phi) is 7.33. The zero-order valence-corrected chi connectivity index (χ0v) is 20.0. The van der Waals surface area contributed by atoms with Gasteiger partial charge < -0.3 is 10.1 Å². The summed E-state index contributed by atoms with van der Waals surface area (Å²) in [6, 6.07) is 14.5. The molecule has 0 saturated heterocycles. The number of carbonyl (C=O) groups is 1. The minimum Gasteiger partial charge on any atom is -0.483 e. The number of aryl methyl sites for hydroxylation is 3. The Hall–Kier alpha value is -2.74. The summed E-state index contributed by atoms with van der Waals surface area (Å²) in [5.74, 6) is -0.0192. The predicted molar refractivity (Wildman–Crippen MR) is 128 cm³/mol. The summed E-state index contributed by atoms with van der Waals surface area (Å²) in [6.07, 6.45) is 0. The van der Waals surface area contributed by atoms with E-state index < -0.39 is 15.9 Å². The third-order valence-corrected chi connectivity index (χ3v) is 6.71. The highest BCUT2D eigenvalue weighted by Crippen LogP contribution is 2.26. The maximum atomic E-state index is 12.7. The topological polar surface area (TPSA) is 84.5 Å². The number of hydrogen-bond acceptors (Lipinski definition) is 4. The molecule has 168 valence electrons. The molecule has 9 heteroatoms. The molecule has 3 aromatic carbocycles. The van der Waals surface area contributed by atoms with E-state index in [1.165, 1.54) is 24.3 Å². The third kappa shape index (κ3) is 5.94. The van der Waals surface area contributed by atoms with E-state index in [2.05, 4.69) is 10.0 Å². The van der Waals surface area contributed by atoms with Gasteiger partial charge in [-0.3, -0.25) is 9.52 Å². The van der Waals surface area contributed by atoms with E-state index in [1.54, 1.807) is 31.2 Å². The van der Waals surface area contributed by atoms with Crippen molar-refractivity contribution in [3.05, 3.63) is 81.3 Å². The highest BCUT2D eigenvalue weighted by Gasteiger charge is 2.17. The summed E-state index contributed by atoms with van der Waals surface area (Å²) < 4.78 is 33.6. The van der Waals surface area contributed by atoms with Crippen LogP contribution in [-0.4, -0.2) is 20.9 Å². The third-order valence-electron chi connectivity index (χ3n) is 4.78. The molecule has 0 unspecified atom stereocenters. The van der Waals surface area contributed by atoms with E-state index in [0.29, 0.717) is 32.7 Å². The summed E-state index contributed by atoms with van der Waals surface area (Å²) in [6.45, 7) is 5.31. The largest absolute Gasteiger partial charge is 0.483 e. The number of halogens is 2. The molecule has 3 aromatic rings. The lowest BCUT2D eigenvalue weighted by molar-refractivity contribution is -0.118. The minimum atomic E-state index is -3.77. The van der Waals surface area contributed by atoms with Crippen molar-refractivity contribution in [1.29, 1.82) is 0 Å². The molecular weight excluding hydrogens is 471 g/mol. The molecule has 0 heterocycles. The molecule has 0 radical (unpaired) electrons. The van der Waals surface area contributed by atoms with Crippen LogP contribution < -0.4 is 14.8 Å². The minimum absolute atomic E-state index is 0.0953. The fraction of sp³-hybridized carbons (Fsp3) is 0.174. The van der Waals surface area contributed by atoms with Gasteiger partial charge in [0.05, 0.1) is 15.6 Å². The SMILES string of the molecule is Cc1ccc(NS(=O)(=O)c2ccc(OCC(=O)Nc3ccc(Cl)cc3Cl)c(C)c2)cc1C. The lowest BCUT2D eigenvalue weighted by atomic mass is 10.1. The lowest BCUT2D eigenvalue weighted by Crippen LogP contribution is -2.20. The van der Waals surface area contributed by atoms with Crippen molar-refractivity contribution < 1.29 is 17.9 Å². The van der Waals surface area contributed by atoms with Gasteiger partial charge in [0.25, 0.3) is 15.9 Å². The van der Waals surface area contributed by atoms with Gasteiger partial charge in [0.2, 0.25) is 0 Å². The van der Waals surface area contributed by atoms with Gasteiger partial charge in [-0.1, -0.05) is 29.3 Å². The van der Waals surface area contributed by atoms with Crippen LogP contribution in [0.2, 0.25) is 10.0 Å². The van der Waals surface area contributed by atoms with Crippen molar-refractivity contribution >= 4 is 50.5 Å². The number of rotatable bonds is 7. The van der Waals surface area contributed by atoms with Crippen LogP contribution in [0.4, 0.5) is 11.4 Å². The number of ether oxygens (including phenoxy) is 1. The van der Waals surface area contributed by atoms with Crippen LogP contribution in [0.3, 0.4) is 0 Å². The molecule has 0 aliphatic carbocycles. The number of anilines is 2.